The first-order valence-electron chi connectivity index (χ1n) is 10.3. The van der Waals surface area contributed by atoms with E-state index in [1.807, 2.05) is 32.0 Å². The molecule has 0 aliphatic rings. The van der Waals surface area contributed by atoms with Crippen LogP contribution in [0.2, 0.25) is 0 Å². The summed E-state index contributed by atoms with van der Waals surface area (Å²) in [4.78, 5) is 29.3. The zero-order valence-corrected chi connectivity index (χ0v) is 17.9. The van der Waals surface area contributed by atoms with Gasteiger partial charge in [-0.3, -0.25) is 9.59 Å². The van der Waals surface area contributed by atoms with Gasteiger partial charge in [-0.2, -0.15) is 0 Å². The minimum absolute atomic E-state index is 0.141. The topological polar surface area (TPSA) is 76.0 Å². The maximum atomic E-state index is 14.6. The Labute approximate surface area is 181 Å². The summed E-state index contributed by atoms with van der Waals surface area (Å²) in [5, 5.41) is 5.62. The van der Waals surface area contributed by atoms with Crippen molar-refractivity contribution < 1.29 is 14.0 Å². The van der Waals surface area contributed by atoms with Gasteiger partial charge in [-0.05, 0) is 36.1 Å². The highest BCUT2D eigenvalue weighted by molar-refractivity contribution is 5.88. The summed E-state index contributed by atoms with van der Waals surface area (Å²) in [6.45, 7) is 5.83. The Kier molecular flexibility index (Phi) is 7.18. The zero-order chi connectivity index (χ0) is 22.4. The summed E-state index contributed by atoms with van der Waals surface area (Å²) in [5.74, 6) is -0.0797. The molecule has 6 nitrogen and oxygen atoms in total. The molecule has 0 fully saturated rings. The molecule has 1 atom stereocenters. The molecule has 0 aliphatic heterocycles. The van der Waals surface area contributed by atoms with Gasteiger partial charge >= 0.3 is 0 Å². The van der Waals surface area contributed by atoms with Crippen LogP contribution in [0.1, 0.15) is 43.3 Å². The molecule has 2 amide bonds. The number of hydrogen-bond donors (Lipinski definition) is 2. The molecule has 1 aromatic heterocycles. The fourth-order valence-electron chi connectivity index (χ4n) is 3.32. The molecule has 0 radical (unpaired) electrons. The summed E-state index contributed by atoms with van der Waals surface area (Å²) >= 11 is 0. The third kappa shape index (κ3) is 5.78. The maximum absolute atomic E-state index is 14.6. The van der Waals surface area contributed by atoms with Crippen LogP contribution in [0.3, 0.4) is 0 Å². The molecule has 0 bridgehead atoms. The second-order valence-electron chi connectivity index (χ2n) is 7.86. The van der Waals surface area contributed by atoms with E-state index in [1.165, 1.54) is 6.07 Å². The molecular weight excluding hydrogens is 395 g/mol. The molecule has 3 aromatic rings. The Balaban J connectivity index is 1.71. The van der Waals surface area contributed by atoms with E-state index in [4.69, 9.17) is 0 Å². The Morgan fingerprint density at radius 1 is 1.13 bits per heavy atom. The number of rotatable bonds is 8. The number of aromatic nitrogens is 2. The van der Waals surface area contributed by atoms with Gasteiger partial charge in [0.25, 0.3) is 0 Å². The molecule has 2 aromatic carbocycles. The van der Waals surface area contributed by atoms with Gasteiger partial charge in [0.15, 0.2) is 0 Å². The SMILES string of the molecule is Cc1nccn1-c1ccc(CNC(=O)C(NC(=O)CC(C)C)c2ccccc2)cc1F. The monoisotopic (exact) mass is 422 g/mol. The summed E-state index contributed by atoms with van der Waals surface area (Å²) in [7, 11) is 0. The van der Waals surface area contributed by atoms with E-state index in [1.54, 1.807) is 48.1 Å². The number of benzene rings is 2. The standard InChI is InChI=1S/C24H27FN4O2/c1-16(2)13-22(30)28-23(19-7-5-4-6-8-19)24(31)27-15-18-9-10-21(20(25)14-18)29-12-11-26-17(29)3/h4-12,14,16,23H,13,15H2,1-3H3,(H,27,31)(H,28,30). The number of aryl methyl sites for hydroxylation is 1. The van der Waals surface area contributed by atoms with E-state index >= 15 is 0 Å². The van der Waals surface area contributed by atoms with Gasteiger partial charge < -0.3 is 15.2 Å². The van der Waals surface area contributed by atoms with Crippen molar-refractivity contribution in [3.05, 3.63) is 83.7 Å². The first kappa shape index (κ1) is 22.2. The van der Waals surface area contributed by atoms with Gasteiger partial charge in [-0.25, -0.2) is 9.37 Å². The second-order valence-corrected chi connectivity index (χ2v) is 7.86. The van der Waals surface area contributed by atoms with E-state index in [9.17, 15) is 14.0 Å². The molecule has 1 unspecified atom stereocenters. The third-order valence-corrected chi connectivity index (χ3v) is 4.86. The lowest BCUT2D eigenvalue weighted by atomic mass is 10.0. The number of hydrogen-bond acceptors (Lipinski definition) is 3. The zero-order valence-electron chi connectivity index (χ0n) is 17.9. The van der Waals surface area contributed by atoms with E-state index < -0.39 is 11.9 Å². The first-order valence-corrected chi connectivity index (χ1v) is 10.3. The first-order chi connectivity index (χ1) is 14.8. The predicted octanol–water partition coefficient (Wildman–Crippen LogP) is 3.84. The lowest BCUT2D eigenvalue weighted by Gasteiger charge is -2.20. The van der Waals surface area contributed by atoms with Gasteiger partial charge in [0, 0.05) is 25.4 Å². The fourth-order valence-corrected chi connectivity index (χ4v) is 3.32. The quantitative estimate of drug-likeness (QED) is 0.579. The molecule has 31 heavy (non-hydrogen) atoms. The third-order valence-electron chi connectivity index (χ3n) is 4.86. The van der Waals surface area contributed by atoms with E-state index in [0.29, 0.717) is 29.1 Å². The Morgan fingerprint density at radius 3 is 2.48 bits per heavy atom. The van der Waals surface area contributed by atoms with E-state index in [0.717, 1.165) is 0 Å². The van der Waals surface area contributed by atoms with Crippen molar-refractivity contribution in [1.82, 2.24) is 20.2 Å². The molecule has 0 spiro atoms. The van der Waals surface area contributed by atoms with Crippen LogP contribution < -0.4 is 10.6 Å². The number of amides is 2. The normalized spacial score (nSPS) is 11.9. The average molecular weight is 423 g/mol. The van der Waals surface area contributed by atoms with Crippen molar-refractivity contribution in [2.75, 3.05) is 0 Å². The number of halogens is 1. The van der Waals surface area contributed by atoms with E-state index in [2.05, 4.69) is 15.6 Å². The summed E-state index contributed by atoms with van der Waals surface area (Å²) in [6, 6.07) is 13.1. The van der Waals surface area contributed by atoms with Crippen LogP contribution in [-0.2, 0) is 16.1 Å². The Bertz CT molecular complexity index is 1050. The van der Waals surface area contributed by atoms with Crippen molar-refractivity contribution in [3.63, 3.8) is 0 Å². The highest BCUT2D eigenvalue weighted by Gasteiger charge is 2.23. The van der Waals surface area contributed by atoms with Crippen molar-refractivity contribution >= 4 is 11.8 Å². The number of nitrogens with one attached hydrogen (secondary N) is 2. The summed E-state index contributed by atoms with van der Waals surface area (Å²) in [5.41, 5.74) is 1.70. The van der Waals surface area contributed by atoms with Crippen molar-refractivity contribution in [1.29, 1.82) is 0 Å². The molecule has 7 heteroatoms. The minimum Gasteiger partial charge on any atom is -0.350 e. The van der Waals surface area contributed by atoms with Gasteiger partial charge in [0.1, 0.15) is 17.7 Å². The molecule has 162 valence electrons. The molecule has 0 saturated carbocycles. The lowest BCUT2D eigenvalue weighted by Crippen LogP contribution is -2.40. The largest absolute Gasteiger partial charge is 0.350 e. The molecule has 2 N–H and O–H groups in total. The van der Waals surface area contributed by atoms with Crippen LogP contribution in [0.4, 0.5) is 4.39 Å². The average Bonchev–Trinajstić information content (AvgIpc) is 3.16. The van der Waals surface area contributed by atoms with Gasteiger partial charge in [0.2, 0.25) is 11.8 Å². The smallest absolute Gasteiger partial charge is 0.247 e. The molecule has 0 saturated heterocycles. The molecule has 3 rings (SSSR count). The van der Waals surface area contributed by atoms with Crippen LogP contribution in [0.25, 0.3) is 5.69 Å². The number of imidazole rings is 1. The van der Waals surface area contributed by atoms with E-state index in [-0.39, 0.29) is 24.3 Å². The summed E-state index contributed by atoms with van der Waals surface area (Å²) in [6.07, 6.45) is 3.64. The van der Waals surface area contributed by atoms with Crippen molar-refractivity contribution in [2.45, 2.75) is 39.8 Å². The van der Waals surface area contributed by atoms with Gasteiger partial charge in [0.05, 0.1) is 5.69 Å². The van der Waals surface area contributed by atoms with Crippen molar-refractivity contribution in [2.24, 2.45) is 5.92 Å². The lowest BCUT2D eigenvalue weighted by molar-refractivity contribution is -0.129. The van der Waals surface area contributed by atoms with Gasteiger partial charge in [-0.1, -0.05) is 50.2 Å². The Hall–Kier alpha value is -3.48. The van der Waals surface area contributed by atoms with Crippen LogP contribution in [0.5, 0.6) is 0 Å². The number of carbonyl (C=O) groups is 2. The highest BCUT2D eigenvalue weighted by Crippen LogP contribution is 2.18. The fraction of sp³-hybridized carbons (Fsp3) is 0.292. The number of carbonyl (C=O) groups excluding carboxylic acids is 2. The van der Waals surface area contributed by atoms with Crippen LogP contribution >= 0.6 is 0 Å². The molecule has 0 aliphatic carbocycles. The second kappa shape index (κ2) is 10.0. The van der Waals surface area contributed by atoms with Crippen LogP contribution in [-0.4, -0.2) is 21.4 Å². The Morgan fingerprint density at radius 2 is 1.87 bits per heavy atom. The minimum atomic E-state index is -0.815. The van der Waals surface area contributed by atoms with Gasteiger partial charge in [-0.15, -0.1) is 0 Å². The van der Waals surface area contributed by atoms with Crippen LogP contribution in [0.15, 0.2) is 60.9 Å². The molecular formula is C24H27FN4O2. The van der Waals surface area contributed by atoms with Crippen molar-refractivity contribution in [3.8, 4) is 5.69 Å². The maximum Gasteiger partial charge on any atom is 0.247 e. The predicted molar refractivity (Wildman–Crippen MR) is 117 cm³/mol. The van der Waals surface area contributed by atoms with Crippen LogP contribution in [0, 0.1) is 18.7 Å². The number of nitrogens with zero attached hydrogens (tertiary/aromatic N) is 2. The summed E-state index contributed by atoms with van der Waals surface area (Å²) < 4.78 is 16.3. The molecule has 1 heterocycles. The highest BCUT2D eigenvalue weighted by atomic mass is 19.1.